The van der Waals surface area contributed by atoms with E-state index in [1.807, 2.05) is 52.9 Å². The number of hydrogen-bond donors (Lipinski definition) is 1. The van der Waals surface area contributed by atoms with Gasteiger partial charge in [0, 0.05) is 12.7 Å². The van der Waals surface area contributed by atoms with Crippen LogP contribution in [0.2, 0.25) is 0 Å². The molecule has 0 saturated carbocycles. The Bertz CT molecular complexity index is 925. The second-order valence-electron chi connectivity index (χ2n) is 6.69. The Balaban J connectivity index is 2.44. The molecular formula is C19H27N2O3P3. The molecule has 0 aliphatic heterocycles. The minimum atomic E-state index is -0.426. The lowest BCUT2D eigenvalue weighted by Gasteiger charge is -2.18. The summed E-state index contributed by atoms with van der Waals surface area (Å²) in [5.74, 6) is -0.279. The first-order valence-electron chi connectivity index (χ1n) is 8.62. The predicted molar refractivity (Wildman–Crippen MR) is 121 cm³/mol. The lowest BCUT2D eigenvalue weighted by Crippen LogP contribution is -2.33. The third kappa shape index (κ3) is 4.66. The zero-order valence-corrected chi connectivity index (χ0v) is 19.7. The largest absolute Gasteiger partial charge is 0.443 e. The van der Waals surface area contributed by atoms with Gasteiger partial charge in [0.25, 0.3) is 5.56 Å². The molecule has 0 bridgehead atoms. The Hall–Kier alpha value is -1.11. The molecule has 0 radical (unpaired) electrons. The SMILES string of the molecule is Cc1cc(CC(NP)C(=O)OPP)ccc1-c1c(C)c(C)c(C)n(C)c1=O. The smallest absolute Gasteiger partial charge is 0.326 e. The van der Waals surface area contributed by atoms with Gasteiger partial charge in [-0.2, -0.15) is 0 Å². The molecule has 0 saturated heterocycles. The summed E-state index contributed by atoms with van der Waals surface area (Å²) in [6, 6.07) is 5.56. The molecule has 146 valence electrons. The Morgan fingerprint density at radius 3 is 2.48 bits per heavy atom. The molecule has 0 aliphatic rings. The van der Waals surface area contributed by atoms with E-state index in [2.05, 4.69) is 23.4 Å². The number of pyridine rings is 1. The van der Waals surface area contributed by atoms with Gasteiger partial charge in [-0.1, -0.05) is 36.5 Å². The van der Waals surface area contributed by atoms with Crippen molar-refractivity contribution in [3.8, 4) is 11.1 Å². The van der Waals surface area contributed by atoms with Crippen molar-refractivity contribution in [3.05, 3.63) is 56.5 Å². The fourth-order valence-corrected chi connectivity index (χ4v) is 4.08. The van der Waals surface area contributed by atoms with Crippen LogP contribution in [0, 0.1) is 27.7 Å². The molecule has 1 aromatic heterocycles. The normalized spacial score (nSPS) is 12.6. The molecule has 0 spiro atoms. The predicted octanol–water partition coefficient (Wildman–Crippen LogP) is 3.50. The van der Waals surface area contributed by atoms with Gasteiger partial charge in [0.05, 0.1) is 14.1 Å². The lowest BCUT2D eigenvalue weighted by atomic mass is 9.92. The van der Waals surface area contributed by atoms with Gasteiger partial charge in [0.1, 0.15) is 6.04 Å². The van der Waals surface area contributed by atoms with E-state index in [1.54, 1.807) is 4.57 Å². The number of carbonyl (C=O) groups excluding carboxylic acids is 1. The molecular weight excluding hydrogens is 397 g/mol. The Kier molecular flexibility index (Phi) is 7.72. The highest BCUT2D eigenvalue weighted by atomic mass is 32.0. The third-order valence-corrected chi connectivity index (χ3v) is 6.22. The lowest BCUT2D eigenvalue weighted by molar-refractivity contribution is -0.135. The van der Waals surface area contributed by atoms with E-state index in [0.717, 1.165) is 39.1 Å². The fraction of sp³-hybridized carbons (Fsp3) is 0.368. The number of nitrogens with zero attached hydrogens (tertiary/aromatic N) is 1. The Morgan fingerprint density at radius 2 is 1.93 bits per heavy atom. The summed E-state index contributed by atoms with van der Waals surface area (Å²) < 4.78 is 6.80. The maximum atomic E-state index is 12.9. The number of aromatic nitrogens is 1. The molecule has 0 amide bonds. The van der Waals surface area contributed by atoms with Crippen molar-refractivity contribution in [2.45, 2.75) is 40.2 Å². The summed E-state index contributed by atoms with van der Waals surface area (Å²) in [7, 11) is 6.63. The number of carbonyl (C=O) groups is 1. The first kappa shape index (κ1) is 22.2. The zero-order valence-electron chi connectivity index (χ0n) is 16.3. The molecule has 1 N–H and O–H groups in total. The molecule has 4 unspecified atom stereocenters. The second-order valence-corrected chi connectivity index (χ2v) is 8.17. The maximum Gasteiger partial charge on any atom is 0.326 e. The van der Waals surface area contributed by atoms with Crippen molar-refractivity contribution in [1.29, 1.82) is 0 Å². The molecule has 2 aromatic rings. The van der Waals surface area contributed by atoms with Gasteiger partial charge in [-0.3, -0.25) is 14.7 Å². The van der Waals surface area contributed by atoms with Crippen molar-refractivity contribution in [2.75, 3.05) is 0 Å². The molecule has 2 rings (SSSR count). The molecule has 1 heterocycles. The van der Waals surface area contributed by atoms with E-state index >= 15 is 0 Å². The number of nitrogens with one attached hydrogen (secondary N) is 1. The average Bonchev–Trinajstić information content (AvgIpc) is 2.64. The van der Waals surface area contributed by atoms with Crippen LogP contribution in [0.25, 0.3) is 11.1 Å². The van der Waals surface area contributed by atoms with Crippen LogP contribution in [0.5, 0.6) is 0 Å². The van der Waals surface area contributed by atoms with E-state index in [-0.39, 0.29) is 20.0 Å². The van der Waals surface area contributed by atoms with Gasteiger partial charge in [-0.05, 0) is 61.9 Å². The molecule has 8 heteroatoms. The van der Waals surface area contributed by atoms with E-state index in [0.29, 0.717) is 6.42 Å². The first-order chi connectivity index (χ1) is 12.7. The van der Waals surface area contributed by atoms with Gasteiger partial charge >= 0.3 is 5.97 Å². The average molecular weight is 424 g/mol. The number of aryl methyl sites for hydroxylation is 1. The van der Waals surface area contributed by atoms with Gasteiger partial charge in [0.2, 0.25) is 0 Å². The van der Waals surface area contributed by atoms with Gasteiger partial charge in [-0.15, -0.1) is 0 Å². The van der Waals surface area contributed by atoms with Gasteiger partial charge < -0.3 is 9.09 Å². The fourth-order valence-electron chi connectivity index (χ4n) is 3.22. The first-order valence-corrected chi connectivity index (χ1v) is 11.9. The van der Waals surface area contributed by atoms with Crippen LogP contribution >= 0.6 is 26.8 Å². The summed E-state index contributed by atoms with van der Waals surface area (Å²) in [6.45, 7) is 8.01. The van der Waals surface area contributed by atoms with Crippen LogP contribution in [-0.4, -0.2) is 16.6 Å². The standard InChI is InChI=1S/C19H27N2O3P3/c1-10-8-14(9-16(20-25)19(23)24-27-26)6-7-15(10)17-12(3)11(2)13(4)21(5)18(17)22/h6-8,16,20,27H,9,25-26H2,1-5H3. The topological polar surface area (TPSA) is 60.3 Å². The summed E-state index contributed by atoms with van der Waals surface area (Å²) in [4.78, 5) is 24.9. The summed E-state index contributed by atoms with van der Waals surface area (Å²) in [6.07, 6.45) is 0.516. The van der Waals surface area contributed by atoms with Crippen LogP contribution in [0.3, 0.4) is 0 Å². The summed E-state index contributed by atoms with van der Waals surface area (Å²) in [5.41, 5.74) is 6.85. The van der Waals surface area contributed by atoms with E-state index in [1.165, 1.54) is 0 Å². The van der Waals surface area contributed by atoms with Crippen LogP contribution in [0.4, 0.5) is 0 Å². The third-order valence-electron chi connectivity index (χ3n) is 5.15. The minimum absolute atomic E-state index is 0.0148. The van der Waals surface area contributed by atoms with E-state index < -0.39 is 6.04 Å². The minimum Gasteiger partial charge on any atom is -0.443 e. The Labute approximate surface area is 166 Å². The number of rotatable bonds is 6. The van der Waals surface area contributed by atoms with Crippen molar-refractivity contribution >= 4 is 32.8 Å². The van der Waals surface area contributed by atoms with Crippen molar-refractivity contribution in [2.24, 2.45) is 7.05 Å². The molecule has 27 heavy (non-hydrogen) atoms. The zero-order chi connectivity index (χ0) is 20.3. The second kappa shape index (κ2) is 9.39. The van der Waals surface area contributed by atoms with Crippen LogP contribution in [-0.2, 0) is 22.8 Å². The molecule has 0 aliphatic carbocycles. The Morgan fingerprint density at radius 1 is 1.26 bits per heavy atom. The van der Waals surface area contributed by atoms with Gasteiger partial charge in [0.15, 0.2) is 0 Å². The summed E-state index contributed by atoms with van der Waals surface area (Å²) >= 11 is 0. The monoisotopic (exact) mass is 424 g/mol. The van der Waals surface area contributed by atoms with E-state index in [9.17, 15) is 9.59 Å². The molecule has 4 atom stereocenters. The molecule has 5 nitrogen and oxygen atoms in total. The van der Waals surface area contributed by atoms with Crippen LogP contribution < -0.4 is 10.6 Å². The number of hydrogen-bond acceptors (Lipinski definition) is 4. The van der Waals surface area contributed by atoms with Crippen LogP contribution in [0.15, 0.2) is 23.0 Å². The maximum absolute atomic E-state index is 12.9. The molecule has 1 aromatic carbocycles. The van der Waals surface area contributed by atoms with Crippen molar-refractivity contribution < 1.29 is 9.32 Å². The van der Waals surface area contributed by atoms with Gasteiger partial charge in [-0.25, -0.2) is 0 Å². The van der Waals surface area contributed by atoms with E-state index in [4.69, 9.17) is 4.52 Å². The van der Waals surface area contributed by atoms with Crippen molar-refractivity contribution in [1.82, 2.24) is 9.65 Å². The highest BCUT2D eigenvalue weighted by Gasteiger charge is 2.20. The highest BCUT2D eigenvalue weighted by molar-refractivity contribution is 8.00. The number of benzene rings is 1. The highest BCUT2D eigenvalue weighted by Crippen LogP contribution is 2.28. The van der Waals surface area contributed by atoms with Crippen molar-refractivity contribution in [3.63, 3.8) is 0 Å². The summed E-state index contributed by atoms with van der Waals surface area (Å²) in [5, 5.41) is 2.92. The van der Waals surface area contributed by atoms with Crippen LogP contribution in [0.1, 0.15) is 27.9 Å². The molecule has 0 fully saturated rings. The quantitative estimate of drug-likeness (QED) is 0.722.